The molecule has 4 saturated heterocycles. The molecule has 0 radical (unpaired) electrons. The van der Waals surface area contributed by atoms with Gasteiger partial charge in [-0.15, -0.1) is 0 Å². The van der Waals surface area contributed by atoms with Crippen molar-refractivity contribution in [2.24, 2.45) is 11.8 Å². The normalized spacial score (nSPS) is 32.6. The number of amides is 1. The van der Waals surface area contributed by atoms with Crippen LogP contribution >= 0.6 is 0 Å². The maximum atomic E-state index is 12.8. The van der Waals surface area contributed by atoms with E-state index in [1.165, 1.54) is 6.42 Å². The van der Waals surface area contributed by atoms with Gasteiger partial charge in [-0.3, -0.25) is 9.69 Å². The van der Waals surface area contributed by atoms with Crippen molar-refractivity contribution >= 4 is 11.9 Å². The SMILES string of the molecule is COc1ccc(C(=O)O[C@H]2CCN3C[C@@H]4C[C@@H](CN5C(=O)CCC[C@@H]45)[C@H]3C2)cc1OC. The molecule has 4 fully saturated rings. The van der Waals surface area contributed by atoms with Gasteiger partial charge in [0, 0.05) is 44.6 Å². The number of benzene rings is 1. The summed E-state index contributed by atoms with van der Waals surface area (Å²) < 4.78 is 16.5. The first-order valence-electron chi connectivity index (χ1n) is 11.5. The Bertz CT molecular complexity index is 858. The molecule has 1 aromatic rings. The van der Waals surface area contributed by atoms with E-state index in [0.717, 1.165) is 45.3 Å². The molecule has 0 spiro atoms. The Morgan fingerprint density at radius 2 is 1.81 bits per heavy atom. The summed E-state index contributed by atoms with van der Waals surface area (Å²) in [5.74, 6) is 2.22. The van der Waals surface area contributed by atoms with Gasteiger partial charge in [-0.2, -0.15) is 0 Å². The first-order chi connectivity index (χ1) is 15.1. The molecular formula is C24H32N2O5. The number of nitrogens with zero attached hydrogens (tertiary/aromatic N) is 2. The summed E-state index contributed by atoms with van der Waals surface area (Å²) >= 11 is 0. The molecule has 7 nitrogen and oxygen atoms in total. The van der Waals surface area contributed by atoms with Crippen LogP contribution in [0.25, 0.3) is 0 Å². The van der Waals surface area contributed by atoms with Crippen LogP contribution in [0.15, 0.2) is 18.2 Å². The highest BCUT2D eigenvalue weighted by Gasteiger charge is 2.49. The predicted molar refractivity (Wildman–Crippen MR) is 114 cm³/mol. The van der Waals surface area contributed by atoms with Crippen molar-refractivity contribution in [1.82, 2.24) is 9.80 Å². The number of hydrogen-bond acceptors (Lipinski definition) is 6. The molecule has 4 aliphatic heterocycles. The number of fused-ring (bicyclic) bond motifs is 6. The van der Waals surface area contributed by atoms with Crippen LogP contribution in [0.5, 0.6) is 11.5 Å². The second-order valence-corrected chi connectivity index (χ2v) is 9.45. The minimum atomic E-state index is -0.317. The summed E-state index contributed by atoms with van der Waals surface area (Å²) in [6.45, 7) is 2.91. The highest BCUT2D eigenvalue weighted by atomic mass is 16.5. The molecule has 0 aliphatic carbocycles. The number of carbonyl (C=O) groups is 2. The zero-order chi connectivity index (χ0) is 21.5. The molecule has 5 atom stereocenters. The van der Waals surface area contributed by atoms with Crippen LogP contribution in [0.3, 0.4) is 0 Å². The average molecular weight is 429 g/mol. The summed E-state index contributed by atoms with van der Waals surface area (Å²) in [6, 6.07) is 5.95. The van der Waals surface area contributed by atoms with Gasteiger partial charge in [0.2, 0.25) is 5.91 Å². The summed E-state index contributed by atoms with van der Waals surface area (Å²) in [5.41, 5.74) is 0.475. The van der Waals surface area contributed by atoms with E-state index in [4.69, 9.17) is 14.2 Å². The highest BCUT2D eigenvalue weighted by molar-refractivity contribution is 5.90. The monoisotopic (exact) mass is 428 g/mol. The summed E-state index contributed by atoms with van der Waals surface area (Å²) in [4.78, 5) is 30.1. The van der Waals surface area contributed by atoms with Crippen molar-refractivity contribution in [3.05, 3.63) is 23.8 Å². The minimum absolute atomic E-state index is 0.0897. The van der Waals surface area contributed by atoms with E-state index in [9.17, 15) is 9.59 Å². The van der Waals surface area contributed by atoms with Crippen LogP contribution < -0.4 is 9.47 Å². The number of carbonyl (C=O) groups excluding carboxylic acids is 2. The Labute approximate surface area is 183 Å². The zero-order valence-corrected chi connectivity index (χ0v) is 18.4. The quantitative estimate of drug-likeness (QED) is 0.687. The Morgan fingerprint density at radius 1 is 1.00 bits per heavy atom. The van der Waals surface area contributed by atoms with Gasteiger partial charge in [0.25, 0.3) is 0 Å². The van der Waals surface area contributed by atoms with Gasteiger partial charge in [-0.1, -0.05) is 0 Å². The average Bonchev–Trinajstić information content (AvgIpc) is 2.79. The van der Waals surface area contributed by atoms with Crippen molar-refractivity contribution in [3.8, 4) is 11.5 Å². The third kappa shape index (κ3) is 3.77. The van der Waals surface area contributed by atoms with Gasteiger partial charge in [0.05, 0.1) is 19.8 Å². The number of ether oxygens (including phenoxy) is 3. The van der Waals surface area contributed by atoms with Gasteiger partial charge in [0.15, 0.2) is 11.5 Å². The van der Waals surface area contributed by atoms with Crippen molar-refractivity contribution < 1.29 is 23.8 Å². The largest absolute Gasteiger partial charge is 0.493 e. The van der Waals surface area contributed by atoms with Crippen LogP contribution in [0, 0.1) is 11.8 Å². The van der Waals surface area contributed by atoms with Gasteiger partial charge in [0.1, 0.15) is 6.10 Å². The van der Waals surface area contributed by atoms with Gasteiger partial charge in [-0.05, 0) is 55.7 Å². The molecule has 4 aliphatic rings. The molecule has 5 rings (SSSR count). The topological polar surface area (TPSA) is 68.3 Å². The molecule has 0 unspecified atom stereocenters. The van der Waals surface area contributed by atoms with E-state index in [-0.39, 0.29) is 12.1 Å². The lowest BCUT2D eigenvalue weighted by Crippen LogP contribution is -2.65. The van der Waals surface area contributed by atoms with Gasteiger partial charge in [-0.25, -0.2) is 4.79 Å². The van der Waals surface area contributed by atoms with Gasteiger partial charge >= 0.3 is 5.97 Å². The zero-order valence-electron chi connectivity index (χ0n) is 18.4. The Kier molecular flexibility index (Phi) is 5.54. The fraction of sp³-hybridized carbons (Fsp3) is 0.667. The van der Waals surface area contributed by atoms with E-state index in [2.05, 4.69) is 9.80 Å². The Balaban J connectivity index is 1.25. The van der Waals surface area contributed by atoms with E-state index in [1.54, 1.807) is 32.4 Å². The Hall–Kier alpha value is -2.28. The molecule has 168 valence electrons. The van der Waals surface area contributed by atoms with Crippen molar-refractivity contribution in [2.45, 2.75) is 56.7 Å². The molecule has 0 saturated carbocycles. The molecule has 7 heteroatoms. The molecule has 31 heavy (non-hydrogen) atoms. The van der Waals surface area contributed by atoms with Crippen molar-refractivity contribution in [3.63, 3.8) is 0 Å². The minimum Gasteiger partial charge on any atom is -0.493 e. The smallest absolute Gasteiger partial charge is 0.338 e. The first kappa shape index (κ1) is 20.6. The number of esters is 1. The second-order valence-electron chi connectivity index (χ2n) is 9.45. The lowest BCUT2D eigenvalue weighted by atomic mass is 9.70. The third-order valence-electron chi connectivity index (χ3n) is 7.81. The predicted octanol–water partition coefficient (Wildman–Crippen LogP) is 2.72. The maximum Gasteiger partial charge on any atom is 0.338 e. The van der Waals surface area contributed by atoms with Crippen LogP contribution in [0.2, 0.25) is 0 Å². The maximum absolute atomic E-state index is 12.8. The van der Waals surface area contributed by atoms with E-state index >= 15 is 0 Å². The molecule has 1 amide bonds. The van der Waals surface area contributed by atoms with Crippen LogP contribution in [0.1, 0.15) is 48.9 Å². The van der Waals surface area contributed by atoms with E-state index in [1.807, 2.05) is 0 Å². The number of rotatable bonds is 4. The van der Waals surface area contributed by atoms with Crippen LogP contribution in [-0.4, -0.2) is 73.7 Å². The number of methoxy groups -OCH3 is 2. The fourth-order valence-corrected chi connectivity index (χ4v) is 6.34. The number of hydrogen-bond donors (Lipinski definition) is 0. The summed E-state index contributed by atoms with van der Waals surface area (Å²) in [7, 11) is 3.13. The summed E-state index contributed by atoms with van der Waals surface area (Å²) in [5, 5.41) is 0. The fourth-order valence-electron chi connectivity index (χ4n) is 6.34. The molecule has 0 N–H and O–H groups in total. The molecule has 4 heterocycles. The van der Waals surface area contributed by atoms with Crippen LogP contribution in [0.4, 0.5) is 0 Å². The molecule has 2 bridgehead atoms. The molecular weight excluding hydrogens is 396 g/mol. The third-order valence-corrected chi connectivity index (χ3v) is 7.81. The Morgan fingerprint density at radius 3 is 2.61 bits per heavy atom. The second kappa shape index (κ2) is 8.34. The van der Waals surface area contributed by atoms with Crippen molar-refractivity contribution in [1.29, 1.82) is 0 Å². The lowest BCUT2D eigenvalue weighted by Gasteiger charge is -2.57. The first-order valence-corrected chi connectivity index (χ1v) is 11.5. The number of piperidine rings is 4. The standard InChI is InChI=1S/C24H32N2O5/c1-29-21-7-6-15(11-22(21)30-2)24(28)31-18-8-9-25-13-16-10-17(20(25)12-18)14-26-19(16)4-3-5-23(26)27/h6-7,11,16-20H,3-5,8-10,12-14H2,1-2H3/t16-,17-,18-,19-,20+/m0/s1. The summed E-state index contributed by atoms with van der Waals surface area (Å²) in [6.07, 6.45) is 5.73. The molecule has 1 aromatic carbocycles. The highest BCUT2D eigenvalue weighted by Crippen LogP contribution is 2.43. The van der Waals surface area contributed by atoms with E-state index < -0.39 is 0 Å². The van der Waals surface area contributed by atoms with Crippen LogP contribution in [-0.2, 0) is 9.53 Å². The molecule has 0 aromatic heterocycles. The van der Waals surface area contributed by atoms with Crippen molar-refractivity contribution in [2.75, 3.05) is 33.9 Å². The van der Waals surface area contributed by atoms with E-state index in [0.29, 0.717) is 53.3 Å². The lowest BCUT2D eigenvalue weighted by molar-refractivity contribution is -0.150. The van der Waals surface area contributed by atoms with Gasteiger partial charge < -0.3 is 19.1 Å².